The van der Waals surface area contributed by atoms with Gasteiger partial charge in [-0.25, -0.2) is 9.97 Å². The molecule has 0 saturated carbocycles. The fourth-order valence-corrected chi connectivity index (χ4v) is 4.01. The van der Waals surface area contributed by atoms with Gasteiger partial charge in [-0.2, -0.15) is 0 Å². The van der Waals surface area contributed by atoms with Gasteiger partial charge in [0.25, 0.3) is 5.91 Å². The number of ether oxygens (including phenoxy) is 2. The first-order valence-corrected chi connectivity index (χ1v) is 10.3. The zero-order valence-corrected chi connectivity index (χ0v) is 18.2. The van der Waals surface area contributed by atoms with E-state index in [4.69, 9.17) is 19.0 Å². The third-order valence-electron chi connectivity index (χ3n) is 5.55. The van der Waals surface area contributed by atoms with Crippen molar-refractivity contribution in [3.63, 3.8) is 0 Å². The fraction of sp³-hybridized carbons (Fsp3) is 0.391. The van der Waals surface area contributed by atoms with Gasteiger partial charge in [-0.05, 0) is 45.2 Å². The van der Waals surface area contributed by atoms with Crippen LogP contribution in [0.15, 0.2) is 35.0 Å². The first-order valence-electron chi connectivity index (χ1n) is 10.3. The molecule has 0 N–H and O–H groups in total. The minimum Gasteiger partial charge on any atom is -0.497 e. The van der Waals surface area contributed by atoms with Crippen LogP contribution in [0, 0.1) is 13.8 Å². The molecule has 0 spiro atoms. The van der Waals surface area contributed by atoms with E-state index in [-0.39, 0.29) is 11.9 Å². The second-order valence-corrected chi connectivity index (χ2v) is 7.63. The molecule has 2 aromatic heterocycles. The lowest BCUT2D eigenvalue weighted by Gasteiger charge is -2.36. The maximum atomic E-state index is 13.6. The van der Waals surface area contributed by atoms with Gasteiger partial charge in [0.15, 0.2) is 5.76 Å². The third-order valence-corrected chi connectivity index (χ3v) is 5.55. The van der Waals surface area contributed by atoms with Gasteiger partial charge in [0, 0.05) is 24.9 Å². The number of aryl methyl sites for hydroxylation is 2. The van der Waals surface area contributed by atoms with Crippen LogP contribution in [-0.2, 0) is 0 Å². The van der Waals surface area contributed by atoms with Crippen molar-refractivity contribution in [1.82, 2.24) is 20.0 Å². The van der Waals surface area contributed by atoms with Crippen LogP contribution in [0.5, 0.6) is 11.5 Å². The molecule has 1 aromatic carbocycles. The molecule has 8 nitrogen and oxygen atoms in total. The Morgan fingerprint density at radius 3 is 2.71 bits per heavy atom. The maximum absolute atomic E-state index is 13.6. The molecule has 4 rings (SSSR count). The molecule has 3 heterocycles. The van der Waals surface area contributed by atoms with Crippen molar-refractivity contribution in [2.75, 3.05) is 20.8 Å². The summed E-state index contributed by atoms with van der Waals surface area (Å²) in [4.78, 5) is 24.6. The van der Waals surface area contributed by atoms with Gasteiger partial charge in [-0.1, -0.05) is 5.16 Å². The van der Waals surface area contributed by atoms with Crippen molar-refractivity contribution in [3.05, 3.63) is 53.2 Å². The zero-order valence-electron chi connectivity index (χ0n) is 18.2. The summed E-state index contributed by atoms with van der Waals surface area (Å²) in [5.41, 5.74) is 2.82. The van der Waals surface area contributed by atoms with Crippen LogP contribution in [-0.4, -0.2) is 46.7 Å². The van der Waals surface area contributed by atoms with Crippen molar-refractivity contribution in [2.45, 2.75) is 39.2 Å². The number of hydrogen-bond donors (Lipinski definition) is 0. The van der Waals surface area contributed by atoms with E-state index in [9.17, 15) is 4.79 Å². The molecule has 8 heteroatoms. The van der Waals surface area contributed by atoms with E-state index < -0.39 is 0 Å². The van der Waals surface area contributed by atoms with Crippen molar-refractivity contribution in [3.8, 4) is 22.8 Å². The molecule has 1 amide bonds. The monoisotopic (exact) mass is 422 g/mol. The Morgan fingerprint density at radius 1 is 1.16 bits per heavy atom. The summed E-state index contributed by atoms with van der Waals surface area (Å²) in [7, 11) is 3.14. The topological polar surface area (TPSA) is 90.6 Å². The molecular weight excluding hydrogens is 396 g/mol. The number of nitrogens with zero attached hydrogens (tertiary/aromatic N) is 4. The highest BCUT2D eigenvalue weighted by atomic mass is 16.5. The highest BCUT2D eigenvalue weighted by molar-refractivity contribution is 5.97. The lowest BCUT2D eigenvalue weighted by atomic mass is 9.94. The molecule has 1 aliphatic rings. The summed E-state index contributed by atoms with van der Waals surface area (Å²) in [6.45, 7) is 4.35. The van der Waals surface area contributed by atoms with Gasteiger partial charge in [-0.3, -0.25) is 4.79 Å². The first-order chi connectivity index (χ1) is 15.0. The maximum Gasteiger partial charge on any atom is 0.258 e. The quantitative estimate of drug-likeness (QED) is 0.610. The van der Waals surface area contributed by atoms with Crippen molar-refractivity contribution in [2.24, 2.45) is 0 Å². The van der Waals surface area contributed by atoms with E-state index in [1.54, 1.807) is 38.6 Å². The van der Waals surface area contributed by atoms with Gasteiger partial charge >= 0.3 is 0 Å². The minimum atomic E-state index is -0.199. The Bertz CT molecular complexity index is 1090. The van der Waals surface area contributed by atoms with Crippen LogP contribution in [0.3, 0.4) is 0 Å². The molecule has 1 atom stereocenters. The Kier molecular flexibility index (Phi) is 5.88. The molecule has 0 radical (unpaired) electrons. The summed E-state index contributed by atoms with van der Waals surface area (Å²) in [5, 5.41) is 4.00. The van der Waals surface area contributed by atoms with Gasteiger partial charge in [-0.15, -0.1) is 0 Å². The lowest BCUT2D eigenvalue weighted by molar-refractivity contribution is 0.0602. The number of amides is 1. The Labute approximate surface area is 181 Å². The number of carbonyl (C=O) groups excluding carboxylic acids is 1. The number of likely N-dealkylation sites (tertiary alicyclic amines) is 1. The second kappa shape index (κ2) is 8.75. The lowest BCUT2D eigenvalue weighted by Crippen LogP contribution is -2.39. The van der Waals surface area contributed by atoms with Crippen LogP contribution >= 0.6 is 0 Å². The smallest absolute Gasteiger partial charge is 0.258 e. The Balaban J connectivity index is 1.76. The minimum absolute atomic E-state index is 0.0971. The first kappa shape index (κ1) is 20.8. The standard InChI is InChI=1S/C23H26N4O4/c1-14-11-21(31-26-14)18-13-24-15(2)25-22(18)19-7-5-6-10-27(19)23(28)17-9-8-16(29-3)12-20(17)30-4/h8-9,11-13,19H,5-7,10H2,1-4H3. The molecule has 162 valence electrons. The molecule has 1 fully saturated rings. The highest BCUT2D eigenvalue weighted by Crippen LogP contribution is 2.38. The molecule has 0 bridgehead atoms. The predicted octanol–water partition coefficient (Wildman–Crippen LogP) is 4.13. The number of benzene rings is 1. The molecule has 31 heavy (non-hydrogen) atoms. The van der Waals surface area contributed by atoms with E-state index in [0.717, 1.165) is 36.2 Å². The Hall–Kier alpha value is -3.42. The third kappa shape index (κ3) is 4.10. The van der Waals surface area contributed by atoms with Crippen LogP contribution < -0.4 is 9.47 Å². The van der Waals surface area contributed by atoms with Crippen molar-refractivity contribution >= 4 is 5.91 Å². The Morgan fingerprint density at radius 2 is 2.00 bits per heavy atom. The van der Waals surface area contributed by atoms with E-state index in [1.165, 1.54) is 0 Å². The van der Waals surface area contributed by atoms with E-state index >= 15 is 0 Å². The number of rotatable bonds is 5. The molecule has 1 saturated heterocycles. The largest absolute Gasteiger partial charge is 0.497 e. The molecular formula is C23H26N4O4. The van der Waals surface area contributed by atoms with Gasteiger partial charge < -0.3 is 18.9 Å². The van der Waals surface area contributed by atoms with Crippen molar-refractivity contribution < 1.29 is 18.8 Å². The second-order valence-electron chi connectivity index (χ2n) is 7.63. The van der Waals surface area contributed by atoms with E-state index in [1.807, 2.05) is 24.8 Å². The number of carbonyl (C=O) groups is 1. The molecule has 3 aromatic rings. The van der Waals surface area contributed by atoms with Crippen LogP contribution in [0.4, 0.5) is 0 Å². The van der Waals surface area contributed by atoms with Crippen LogP contribution in [0.25, 0.3) is 11.3 Å². The molecule has 1 unspecified atom stereocenters. The van der Waals surface area contributed by atoms with Gasteiger partial charge in [0.2, 0.25) is 0 Å². The predicted molar refractivity (Wildman–Crippen MR) is 114 cm³/mol. The summed E-state index contributed by atoms with van der Waals surface area (Å²) < 4.78 is 16.2. The summed E-state index contributed by atoms with van der Waals surface area (Å²) in [6, 6.07) is 6.90. The SMILES string of the molecule is COc1ccc(C(=O)N2CCCCC2c2nc(C)ncc2-c2cc(C)no2)c(OC)c1. The van der Waals surface area contributed by atoms with Crippen molar-refractivity contribution in [1.29, 1.82) is 0 Å². The zero-order chi connectivity index (χ0) is 22.0. The highest BCUT2D eigenvalue weighted by Gasteiger charge is 2.33. The van der Waals surface area contributed by atoms with Gasteiger partial charge in [0.05, 0.1) is 42.8 Å². The molecule has 0 aliphatic carbocycles. The van der Waals surface area contributed by atoms with Gasteiger partial charge in [0.1, 0.15) is 17.3 Å². The van der Waals surface area contributed by atoms with Crippen LogP contribution in [0.2, 0.25) is 0 Å². The fourth-order valence-electron chi connectivity index (χ4n) is 4.01. The number of piperidine rings is 1. The average molecular weight is 422 g/mol. The summed E-state index contributed by atoms with van der Waals surface area (Å²) in [6.07, 6.45) is 4.50. The number of methoxy groups -OCH3 is 2. The van der Waals surface area contributed by atoms with E-state index in [0.29, 0.717) is 35.2 Å². The number of aromatic nitrogens is 3. The molecule has 1 aliphatic heterocycles. The number of hydrogen-bond acceptors (Lipinski definition) is 7. The normalized spacial score (nSPS) is 16.3. The average Bonchev–Trinajstić information content (AvgIpc) is 3.24. The van der Waals surface area contributed by atoms with E-state index in [2.05, 4.69) is 10.1 Å². The van der Waals surface area contributed by atoms with Crippen LogP contribution in [0.1, 0.15) is 52.9 Å². The summed E-state index contributed by atoms with van der Waals surface area (Å²) in [5.74, 6) is 2.28. The summed E-state index contributed by atoms with van der Waals surface area (Å²) >= 11 is 0.